The van der Waals surface area contributed by atoms with Crippen LogP contribution in [0, 0.1) is 11.8 Å². The fourth-order valence-corrected chi connectivity index (χ4v) is 2.55. The standard InChI is InChI=1S/C17H24N2O2/c1-11(2)12(3)10-19-15(14-8-6-5-7-9-14)16(20)18-13(4)17(19)21/h5-9,11-13,15H,10H2,1-4H3,(H,18,20). The lowest BCUT2D eigenvalue weighted by Gasteiger charge is -2.40. The Kier molecular flexibility index (Phi) is 4.66. The van der Waals surface area contributed by atoms with Crippen molar-refractivity contribution in [2.45, 2.75) is 39.8 Å². The molecule has 1 heterocycles. The molecule has 0 radical (unpaired) electrons. The van der Waals surface area contributed by atoms with E-state index in [1.807, 2.05) is 30.3 Å². The predicted molar refractivity (Wildman–Crippen MR) is 82.5 cm³/mol. The van der Waals surface area contributed by atoms with Crippen LogP contribution in [0.4, 0.5) is 0 Å². The summed E-state index contributed by atoms with van der Waals surface area (Å²) < 4.78 is 0. The summed E-state index contributed by atoms with van der Waals surface area (Å²) in [7, 11) is 0. The number of carbonyl (C=O) groups excluding carboxylic acids is 2. The summed E-state index contributed by atoms with van der Waals surface area (Å²) in [5, 5.41) is 2.78. The second kappa shape index (κ2) is 6.29. The molecule has 1 aliphatic heterocycles. The number of amides is 2. The molecule has 0 saturated carbocycles. The Morgan fingerprint density at radius 1 is 1.14 bits per heavy atom. The lowest BCUT2D eigenvalue weighted by Crippen LogP contribution is -2.59. The first kappa shape index (κ1) is 15.5. The highest BCUT2D eigenvalue weighted by Gasteiger charge is 2.39. The highest BCUT2D eigenvalue weighted by molar-refractivity contribution is 5.97. The van der Waals surface area contributed by atoms with Crippen molar-refractivity contribution in [3.05, 3.63) is 35.9 Å². The molecule has 1 saturated heterocycles. The maximum atomic E-state index is 12.5. The van der Waals surface area contributed by atoms with Crippen LogP contribution in [0.2, 0.25) is 0 Å². The first-order chi connectivity index (χ1) is 9.91. The van der Waals surface area contributed by atoms with E-state index in [1.54, 1.807) is 11.8 Å². The molecule has 1 fully saturated rings. The van der Waals surface area contributed by atoms with E-state index in [4.69, 9.17) is 0 Å². The molecule has 3 unspecified atom stereocenters. The highest BCUT2D eigenvalue weighted by Crippen LogP contribution is 2.27. The van der Waals surface area contributed by atoms with Crippen LogP contribution in [0.15, 0.2) is 30.3 Å². The van der Waals surface area contributed by atoms with E-state index in [1.165, 1.54) is 0 Å². The summed E-state index contributed by atoms with van der Waals surface area (Å²) in [5.41, 5.74) is 0.867. The minimum absolute atomic E-state index is 0.00375. The Hall–Kier alpha value is -1.84. The molecule has 1 aliphatic rings. The van der Waals surface area contributed by atoms with Gasteiger partial charge in [-0.1, -0.05) is 51.1 Å². The van der Waals surface area contributed by atoms with Crippen LogP contribution in [-0.4, -0.2) is 29.3 Å². The number of hydrogen-bond acceptors (Lipinski definition) is 2. The van der Waals surface area contributed by atoms with E-state index >= 15 is 0 Å². The Balaban J connectivity index is 2.33. The number of nitrogens with one attached hydrogen (secondary N) is 1. The zero-order valence-corrected chi connectivity index (χ0v) is 13.2. The largest absolute Gasteiger partial charge is 0.342 e. The van der Waals surface area contributed by atoms with Crippen LogP contribution in [0.5, 0.6) is 0 Å². The van der Waals surface area contributed by atoms with E-state index < -0.39 is 12.1 Å². The topological polar surface area (TPSA) is 49.4 Å². The Labute approximate surface area is 126 Å². The Morgan fingerprint density at radius 3 is 2.33 bits per heavy atom. The van der Waals surface area contributed by atoms with E-state index in [0.717, 1.165) is 5.56 Å². The fraction of sp³-hybridized carbons (Fsp3) is 0.529. The van der Waals surface area contributed by atoms with E-state index in [-0.39, 0.29) is 11.8 Å². The van der Waals surface area contributed by atoms with E-state index in [0.29, 0.717) is 18.4 Å². The van der Waals surface area contributed by atoms with Crippen molar-refractivity contribution in [1.82, 2.24) is 10.2 Å². The van der Waals surface area contributed by atoms with Gasteiger partial charge in [-0.05, 0) is 24.3 Å². The molecule has 4 nitrogen and oxygen atoms in total. The first-order valence-electron chi connectivity index (χ1n) is 7.57. The van der Waals surface area contributed by atoms with Gasteiger partial charge in [0.15, 0.2) is 0 Å². The molecule has 2 amide bonds. The molecular formula is C17H24N2O2. The number of carbonyl (C=O) groups is 2. The average molecular weight is 288 g/mol. The van der Waals surface area contributed by atoms with Crippen molar-refractivity contribution >= 4 is 11.8 Å². The molecule has 0 aromatic heterocycles. The number of piperazine rings is 1. The van der Waals surface area contributed by atoms with Gasteiger partial charge in [0.05, 0.1) is 0 Å². The lowest BCUT2D eigenvalue weighted by molar-refractivity contribution is -0.150. The smallest absolute Gasteiger partial charge is 0.248 e. The Morgan fingerprint density at radius 2 is 1.76 bits per heavy atom. The molecule has 1 aromatic rings. The van der Waals surface area contributed by atoms with Crippen LogP contribution in [-0.2, 0) is 9.59 Å². The first-order valence-corrected chi connectivity index (χ1v) is 7.57. The van der Waals surface area contributed by atoms with Gasteiger partial charge >= 0.3 is 0 Å². The third-order valence-corrected chi connectivity index (χ3v) is 4.31. The van der Waals surface area contributed by atoms with Crippen LogP contribution in [0.3, 0.4) is 0 Å². The Bertz CT molecular complexity index is 513. The summed E-state index contributed by atoms with van der Waals surface area (Å²) in [6.07, 6.45) is 0. The quantitative estimate of drug-likeness (QED) is 0.924. The number of rotatable bonds is 4. The fourth-order valence-electron chi connectivity index (χ4n) is 2.55. The summed E-state index contributed by atoms with van der Waals surface area (Å²) in [6, 6.07) is 8.55. The van der Waals surface area contributed by atoms with Gasteiger partial charge in [0.2, 0.25) is 11.8 Å². The lowest BCUT2D eigenvalue weighted by atomic mass is 9.93. The molecule has 4 heteroatoms. The normalized spacial score (nSPS) is 24.1. The van der Waals surface area contributed by atoms with Crippen molar-refractivity contribution in [2.24, 2.45) is 11.8 Å². The third kappa shape index (κ3) is 3.26. The summed E-state index contributed by atoms with van der Waals surface area (Å²) in [4.78, 5) is 26.7. The minimum atomic E-state index is -0.518. The van der Waals surface area contributed by atoms with Crippen molar-refractivity contribution in [3.8, 4) is 0 Å². The highest BCUT2D eigenvalue weighted by atomic mass is 16.2. The molecule has 114 valence electrons. The van der Waals surface area contributed by atoms with Crippen LogP contribution < -0.4 is 5.32 Å². The molecule has 1 aromatic carbocycles. The SMILES string of the molecule is CC1NC(=O)C(c2ccccc2)N(CC(C)C(C)C)C1=O. The molecular weight excluding hydrogens is 264 g/mol. The van der Waals surface area contributed by atoms with Gasteiger partial charge in [0.25, 0.3) is 0 Å². The van der Waals surface area contributed by atoms with Crippen molar-refractivity contribution < 1.29 is 9.59 Å². The van der Waals surface area contributed by atoms with Crippen LogP contribution in [0.25, 0.3) is 0 Å². The number of benzene rings is 1. The zero-order chi connectivity index (χ0) is 15.6. The van der Waals surface area contributed by atoms with E-state index in [9.17, 15) is 9.59 Å². The van der Waals surface area contributed by atoms with Crippen LogP contribution in [0.1, 0.15) is 39.3 Å². The minimum Gasteiger partial charge on any atom is -0.342 e. The van der Waals surface area contributed by atoms with Gasteiger partial charge in [0.1, 0.15) is 12.1 Å². The predicted octanol–water partition coefficient (Wildman–Crippen LogP) is 2.37. The van der Waals surface area contributed by atoms with Gasteiger partial charge in [0, 0.05) is 6.54 Å². The van der Waals surface area contributed by atoms with Gasteiger partial charge in [-0.2, -0.15) is 0 Å². The maximum absolute atomic E-state index is 12.5. The zero-order valence-electron chi connectivity index (χ0n) is 13.2. The molecule has 1 N–H and O–H groups in total. The third-order valence-electron chi connectivity index (χ3n) is 4.31. The number of hydrogen-bond donors (Lipinski definition) is 1. The van der Waals surface area contributed by atoms with Gasteiger partial charge < -0.3 is 10.2 Å². The molecule has 0 spiro atoms. The second-order valence-corrected chi connectivity index (χ2v) is 6.26. The van der Waals surface area contributed by atoms with Gasteiger partial charge in [-0.25, -0.2) is 0 Å². The van der Waals surface area contributed by atoms with Gasteiger partial charge in [-0.15, -0.1) is 0 Å². The maximum Gasteiger partial charge on any atom is 0.248 e. The average Bonchev–Trinajstić information content (AvgIpc) is 2.45. The van der Waals surface area contributed by atoms with Crippen molar-refractivity contribution in [1.29, 1.82) is 0 Å². The summed E-state index contributed by atoms with van der Waals surface area (Å²) >= 11 is 0. The number of nitrogens with zero attached hydrogens (tertiary/aromatic N) is 1. The summed E-state index contributed by atoms with van der Waals surface area (Å²) in [6.45, 7) is 8.75. The molecule has 2 rings (SSSR count). The van der Waals surface area contributed by atoms with Crippen molar-refractivity contribution in [2.75, 3.05) is 6.54 Å². The van der Waals surface area contributed by atoms with Crippen molar-refractivity contribution in [3.63, 3.8) is 0 Å². The molecule has 0 bridgehead atoms. The summed E-state index contributed by atoms with van der Waals surface area (Å²) in [5.74, 6) is 0.716. The van der Waals surface area contributed by atoms with Gasteiger partial charge in [-0.3, -0.25) is 9.59 Å². The molecule has 0 aliphatic carbocycles. The van der Waals surface area contributed by atoms with E-state index in [2.05, 4.69) is 26.1 Å². The second-order valence-electron chi connectivity index (χ2n) is 6.26. The monoisotopic (exact) mass is 288 g/mol. The molecule has 21 heavy (non-hydrogen) atoms. The van der Waals surface area contributed by atoms with Crippen LogP contribution >= 0.6 is 0 Å². The molecule has 3 atom stereocenters.